The van der Waals surface area contributed by atoms with Crippen LogP contribution >= 0.6 is 0 Å². The van der Waals surface area contributed by atoms with Crippen LogP contribution < -0.4 is 5.69 Å². The van der Waals surface area contributed by atoms with E-state index in [0.29, 0.717) is 24.8 Å². The highest BCUT2D eigenvalue weighted by molar-refractivity contribution is 5.83. The highest BCUT2D eigenvalue weighted by Crippen LogP contribution is 2.32. The number of nitrogens with zero attached hydrogens (tertiary/aromatic N) is 4. The van der Waals surface area contributed by atoms with Crippen LogP contribution in [0.25, 0.3) is 0 Å². The lowest BCUT2D eigenvalue weighted by Gasteiger charge is -2.29. The van der Waals surface area contributed by atoms with Gasteiger partial charge in [-0.1, -0.05) is 30.7 Å². The van der Waals surface area contributed by atoms with Gasteiger partial charge in [-0.3, -0.25) is 9.36 Å². The van der Waals surface area contributed by atoms with E-state index >= 15 is 0 Å². The van der Waals surface area contributed by atoms with Gasteiger partial charge >= 0.3 is 5.69 Å². The molecule has 1 aliphatic heterocycles. The maximum Gasteiger partial charge on any atom is 0.346 e. The topological polar surface area (TPSA) is 60.1 Å². The van der Waals surface area contributed by atoms with E-state index < -0.39 is 0 Å². The van der Waals surface area contributed by atoms with Gasteiger partial charge < -0.3 is 4.90 Å². The zero-order valence-electron chi connectivity index (χ0n) is 17.9. The highest BCUT2D eigenvalue weighted by Gasteiger charge is 2.35. The quantitative estimate of drug-likeness (QED) is 0.722. The highest BCUT2D eigenvalue weighted by atomic mass is 16.2. The number of amides is 1. The Bertz CT molecular complexity index is 954. The summed E-state index contributed by atoms with van der Waals surface area (Å²) in [7, 11) is 0. The molecule has 1 unspecified atom stereocenters. The molecule has 0 spiro atoms. The maximum atomic E-state index is 13.4. The van der Waals surface area contributed by atoms with Crippen LogP contribution in [0, 0.1) is 19.8 Å². The van der Waals surface area contributed by atoms with Crippen LogP contribution in [0.3, 0.4) is 0 Å². The molecule has 0 N–H and O–H groups in total. The van der Waals surface area contributed by atoms with Crippen molar-refractivity contribution in [2.24, 2.45) is 5.92 Å². The van der Waals surface area contributed by atoms with Gasteiger partial charge in [-0.2, -0.15) is 5.10 Å². The number of carbonyl (C=O) groups is 1. The molecule has 1 aromatic heterocycles. The molecule has 1 aliphatic carbocycles. The van der Waals surface area contributed by atoms with Gasteiger partial charge in [0.05, 0.1) is 12.5 Å². The summed E-state index contributed by atoms with van der Waals surface area (Å²) in [5.74, 6) is 1.19. The average Bonchev–Trinajstić information content (AvgIpc) is 3.47. The molecule has 29 heavy (non-hydrogen) atoms. The van der Waals surface area contributed by atoms with E-state index in [4.69, 9.17) is 0 Å². The van der Waals surface area contributed by atoms with Crippen LogP contribution in [0.15, 0.2) is 23.0 Å². The molecule has 2 aliphatic rings. The van der Waals surface area contributed by atoms with Gasteiger partial charge in [-0.25, -0.2) is 9.48 Å². The Morgan fingerprint density at radius 3 is 2.76 bits per heavy atom. The normalized spacial score (nSPS) is 18.5. The lowest BCUT2D eigenvalue weighted by atomic mass is 9.97. The fourth-order valence-electron chi connectivity index (χ4n) is 4.37. The third kappa shape index (κ3) is 4.16. The number of fused-ring (bicyclic) bond motifs is 1. The number of benzene rings is 1. The lowest BCUT2D eigenvalue weighted by Crippen LogP contribution is -2.40. The van der Waals surface area contributed by atoms with Crippen molar-refractivity contribution in [3.8, 4) is 0 Å². The van der Waals surface area contributed by atoms with Crippen LogP contribution in [0.4, 0.5) is 0 Å². The average molecular weight is 397 g/mol. The fraction of sp³-hybridized carbons (Fsp3) is 0.609. The van der Waals surface area contributed by atoms with E-state index in [1.54, 1.807) is 9.25 Å². The summed E-state index contributed by atoms with van der Waals surface area (Å²) in [6.07, 6.45) is 5.05. The Balaban J connectivity index is 1.62. The maximum absolute atomic E-state index is 13.4. The minimum absolute atomic E-state index is 0.0948. The second kappa shape index (κ2) is 8.17. The van der Waals surface area contributed by atoms with Crippen LogP contribution in [0.2, 0.25) is 0 Å². The largest absolute Gasteiger partial charge is 0.346 e. The number of hydrogen-bond acceptors (Lipinski definition) is 3. The minimum Gasteiger partial charge on any atom is -0.342 e. The Morgan fingerprint density at radius 1 is 1.24 bits per heavy atom. The fourth-order valence-corrected chi connectivity index (χ4v) is 4.37. The number of hydrogen-bond donors (Lipinski definition) is 0. The molecule has 6 heteroatoms. The first kappa shape index (κ1) is 19.9. The first-order chi connectivity index (χ1) is 14.0. The van der Waals surface area contributed by atoms with Gasteiger partial charge in [0, 0.05) is 19.6 Å². The molecule has 1 saturated carbocycles. The van der Waals surface area contributed by atoms with Crippen LogP contribution in [0.5, 0.6) is 0 Å². The standard InChI is InChI=1S/C23H32N4O2/c1-4-11-25(14-18-9-10-18)22(28)20-6-5-12-26-21(20)24-27(23(26)29)15-19-13-16(2)7-8-17(19)3/h7-8,13,18,20H,4-6,9-12,14-15H2,1-3H3. The third-order valence-electron chi connectivity index (χ3n) is 6.24. The molecule has 0 bridgehead atoms. The minimum atomic E-state index is -0.290. The second-order valence-corrected chi connectivity index (χ2v) is 8.80. The summed E-state index contributed by atoms with van der Waals surface area (Å²) in [4.78, 5) is 28.4. The number of rotatable bonds is 7. The summed E-state index contributed by atoms with van der Waals surface area (Å²) in [5.41, 5.74) is 3.33. The predicted octanol–water partition coefficient (Wildman–Crippen LogP) is 3.24. The molecule has 2 aromatic rings. The summed E-state index contributed by atoms with van der Waals surface area (Å²) >= 11 is 0. The van der Waals surface area contributed by atoms with E-state index in [2.05, 4.69) is 44.1 Å². The first-order valence-electron chi connectivity index (χ1n) is 11.0. The molecule has 2 heterocycles. The molecular weight excluding hydrogens is 364 g/mol. The molecule has 1 aromatic carbocycles. The van der Waals surface area contributed by atoms with Gasteiger partial charge in [0.15, 0.2) is 0 Å². The van der Waals surface area contributed by atoms with Crippen molar-refractivity contribution in [1.82, 2.24) is 19.2 Å². The van der Waals surface area contributed by atoms with Crippen molar-refractivity contribution >= 4 is 5.91 Å². The molecule has 6 nitrogen and oxygen atoms in total. The van der Waals surface area contributed by atoms with Gasteiger partial charge in [0.25, 0.3) is 0 Å². The molecule has 1 atom stereocenters. The van der Waals surface area contributed by atoms with E-state index in [-0.39, 0.29) is 17.5 Å². The van der Waals surface area contributed by atoms with Crippen molar-refractivity contribution < 1.29 is 4.79 Å². The van der Waals surface area contributed by atoms with Crippen molar-refractivity contribution in [3.63, 3.8) is 0 Å². The van der Waals surface area contributed by atoms with Crippen molar-refractivity contribution in [1.29, 1.82) is 0 Å². The van der Waals surface area contributed by atoms with Gasteiger partial charge in [0.1, 0.15) is 5.82 Å². The summed E-state index contributed by atoms with van der Waals surface area (Å²) in [6.45, 7) is 8.98. The molecular formula is C23H32N4O2. The second-order valence-electron chi connectivity index (χ2n) is 8.80. The molecule has 4 rings (SSSR count). The summed E-state index contributed by atoms with van der Waals surface area (Å²) < 4.78 is 3.28. The van der Waals surface area contributed by atoms with Gasteiger partial charge in [0.2, 0.25) is 5.91 Å². The van der Waals surface area contributed by atoms with E-state index in [9.17, 15) is 9.59 Å². The monoisotopic (exact) mass is 396 g/mol. The third-order valence-corrected chi connectivity index (χ3v) is 6.24. The Kier molecular flexibility index (Phi) is 5.61. The molecule has 0 radical (unpaired) electrons. The Hall–Kier alpha value is -2.37. The predicted molar refractivity (Wildman–Crippen MR) is 113 cm³/mol. The van der Waals surface area contributed by atoms with E-state index in [1.807, 2.05) is 4.90 Å². The number of aryl methyl sites for hydroxylation is 2. The summed E-state index contributed by atoms with van der Waals surface area (Å²) in [6, 6.07) is 6.27. The van der Waals surface area contributed by atoms with Crippen molar-refractivity contribution in [3.05, 3.63) is 51.2 Å². The molecule has 1 amide bonds. The zero-order valence-corrected chi connectivity index (χ0v) is 17.9. The molecule has 1 fully saturated rings. The van der Waals surface area contributed by atoms with Crippen LogP contribution in [-0.4, -0.2) is 38.2 Å². The Labute approximate surface area is 172 Å². The Morgan fingerprint density at radius 2 is 2.03 bits per heavy atom. The van der Waals surface area contributed by atoms with Gasteiger partial charge in [-0.15, -0.1) is 0 Å². The SMILES string of the molecule is CCCN(CC1CC1)C(=O)C1CCCn2c1nn(Cc1cc(C)ccc1C)c2=O. The van der Waals surface area contributed by atoms with E-state index in [0.717, 1.165) is 43.5 Å². The van der Waals surface area contributed by atoms with Crippen LogP contribution in [-0.2, 0) is 17.9 Å². The molecule has 156 valence electrons. The van der Waals surface area contributed by atoms with E-state index in [1.165, 1.54) is 18.4 Å². The smallest absolute Gasteiger partial charge is 0.342 e. The molecule has 0 saturated heterocycles. The van der Waals surface area contributed by atoms with Crippen LogP contribution in [0.1, 0.15) is 67.5 Å². The van der Waals surface area contributed by atoms with Crippen molar-refractivity contribution in [2.75, 3.05) is 13.1 Å². The lowest BCUT2D eigenvalue weighted by molar-refractivity contribution is -0.133. The number of aromatic nitrogens is 3. The zero-order chi connectivity index (χ0) is 20.5. The van der Waals surface area contributed by atoms with Crippen molar-refractivity contribution in [2.45, 2.75) is 71.9 Å². The first-order valence-corrected chi connectivity index (χ1v) is 11.0. The number of carbonyl (C=O) groups excluding carboxylic acids is 1. The summed E-state index contributed by atoms with van der Waals surface area (Å²) in [5, 5.41) is 4.68. The van der Waals surface area contributed by atoms with Gasteiger partial charge in [-0.05, 0) is 63.0 Å².